The molecule has 2 rings (SSSR count). The number of carbonyl (C=O) groups excluding carboxylic acids is 2. The van der Waals surface area contributed by atoms with Crippen LogP contribution >= 0.6 is 0 Å². The molecule has 1 aromatic carbocycles. The molecule has 26 heavy (non-hydrogen) atoms. The van der Waals surface area contributed by atoms with Gasteiger partial charge in [-0.05, 0) is 25.0 Å². The van der Waals surface area contributed by atoms with E-state index in [0.29, 0.717) is 39.0 Å². The number of likely N-dealkylation sites (N-methyl/N-ethyl adjacent to an activating group) is 1. The molecular formula is C19H29N3O4. The Morgan fingerprint density at radius 3 is 2.50 bits per heavy atom. The zero-order valence-corrected chi connectivity index (χ0v) is 16.1. The van der Waals surface area contributed by atoms with E-state index in [0.717, 1.165) is 11.4 Å². The molecule has 0 radical (unpaired) electrons. The van der Waals surface area contributed by atoms with Gasteiger partial charge in [0.15, 0.2) is 0 Å². The van der Waals surface area contributed by atoms with E-state index >= 15 is 0 Å². The van der Waals surface area contributed by atoms with E-state index in [1.165, 1.54) is 0 Å². The van der Waals surface area contributed by atoms with Gasteiger partial charge in [-0.15, -0.1) is 0 Å². The Morgan fingerprint density at radius 1 is 1.23 bits per heavy atom. The molecule has 0 aliphatic carbocycles. The van der Waals surface area contributed by atoms with Gasteiger partial charge in [-0.25, -0.2) is 0 Å². The average molecular weight is 363 g/mol. The van der Waals surface area contributed by atoms with Gasteiger partial charge in [-0.3, -0.25) is 9.59 Å². The highest BCUT2D eigenvalue weighted by Crippen LogP contribution is 2.30. The number of anilines is 1. The number of carbonyl (C=O) groups is 2. The Kier molecular flexibility index (Phi) is 6.85. The summed E-state index contributed by atoms with van der Waals surface area (Å²) in [5.41, 5.74) is 0.104. The van der Waals surface area contributed by atoms with Crippen LogP contribution in [0.3, 0.4) is 0 Å². The minimum Gasteiger partial charge on any atom is -0.497 e. The lowest BCUT2D eigenvalue weighted by Crippen LogP contribution is -2.58. The SMILES string of the molecule is COCCC(=O)N1CCC(Nc2cccc(OC)c2)(C(=O)N(C)C)CC1. The van der Waals surface area contributed by atoms with Gasteiger partial charge in [0.25, 0.3) is 0 Å². The zero-order chi connectivity index (χ0) is 19.2. The van der Waals surface area contributed by atoms with E-state index < -0.39 is 5.54 Å². The van der Waals surface area contributed by atoms with Crippen molar-refractivity contribution in [3.05, 3.63) is 24.3 Å². The molecule has 1 heterocycles. The molecule has 1 saturated heterocycles. The van der Waals surface area contributed by atoms with Crippen LogP contribution in [0.25, 0.3) is 0 Å². The standard InChI is InChI=1S/C19H29N3O4/c1-21(2)18(24)19(20-15-6-5-7-16(14-15)26-4)9-11-22(12-10-19)17(23)8-13-25-3/h5-7,14,20H,8-13H2,1-4H3. The fourth-order valence-electron chi connectivity index (χ4n) is 3.28. The largest absolute Gasteiger partial charge is 0.497 e. The molecule has 1 aromatic rings. The van der Waals surface area contributed by atoms with Crippen molar-refractivity contribution >= 4 is 17.5 Å². The van der Waals surface area contributed by atoms with Crippen LogP contribution in [0.4, 0.5) is 5.69 Å². The molecule has 7 heteroatoms. The number of piperidine rings is 1. The van der Waals surface area contributed by atoms with Gasteiger partial charge in [0.2, 0.25) is 11.8 Å². The Hall–Kier alpha value is -2.28. The van der Waals surface area contributed by atoms with Crippen molar-refractivity contribution in [2.75, 3.05) is 53.3 Å². The van der Waals surface area contributed by atoms with Crippen LogP contribution in [0.15, 0.2) is 24.3 Å². The van der Waals surface area contributed by atoms with Gasteiger partial charge in [0, 0.05) is 46.0 Å². The van der Waals surface area contributed by atoms with Gasteiger partial charge in [0.05, 0.1) is 20.1 Å². The van der Waals surface area contributed by atoms with Crippen molar-refractivity contribution in [2.45, 2.75) is 24.8 Å². The molecule has 2 amide bonds. The fraction of sp³-hybridized carbons (Fsp3) is 0.579. The molecule has 0 unspecified atom stereocenters. The Labute approximate surface area is 155 Å². The van der Waals surface area contributed by atoms with Crippen molar-refractivity contribution < 1.29 is 19.1 Å². The smallest absolute Gasteiger partial charge is 0.247 e. The summed E-state index contributed by atoms with van der Waals surface area (Å²) in [5.74, 6) is 0.818. The van der Waals surface area contributed by atoms with Gasteiger partial charge >= 0.3 is 0 Å². The van der Waals surface area contributed by atoms with E-state index in [9.17, 15) is 9.59 Å². The molecule has 1 N–H and O–H groups in total. The normalized spacial score (nSPS) is 16.1. The lowest BCUT2D eigenvalue weighted by atomic mass is 9.85. The third-order valence-corrected chi connectivity index (χ3v) is 4.76. The Balaban J connectivity index is 2.15. The second-order valence-electron chi connectivity index (χ2n) is 6.76. The number of likely N-dealkylation sites (tertiary alicyclic amines) is 1. The maximum absolute atomic E-state index is 12.9. The molecule has 1 aliphatic rings. The highest BCUT2D eigenvalue weighted by atomic mass is 16.5. The summed E-state index contributed by atoms with van der Waals surface area (Å²) < 4.78 is 10.3. The Morgan fingerprint density at radius 2 is 1.92 bits per heavy atom. The maximum atomic E-state index is 12.9. The molecule has 0 spiro atoms. The quantitative estimate of drug-likeness (QED) is 0.797. The third kappa shape index (κ3) is 4.66. The van der Waals surface area contributed by atoms with Crippen LogP contribution in [-0.4, -0.2) is 75.2 Å². The predicted molar refractivity (Wildman–Crippen MR) is 100 cm³/mol. The summed E-state index contributed by atoms with van der Waals surface area (Å²) in [6, 6.07) is 7.55. The molecule has 7 nitrogen and oxygen atoms in total. The van der Waals surface area contributed by atoms with Gasteiger partial charge in [-0.2, -0.15) is 0 Å². The summed E-state index contributed by atoms with van der Waals surface area (Å²) in [4.78, 5) is 28.6. The van der Waals surface area contributed by atoms with Crippen LogP contribution < -0.4 is 10.1 Å². The van der Waals surface area contributed by atoms with Gasteiger partial charge in [-0.1, -0.05) is 6.07 Å². The third-order valence-electron chi connectivity index (χ3n) is 4.76. The van der Waals surface area contributed by atoms with Crippen molar-refractivity contribution in [3.63, 3.8) is 0 Å². The fourth-order valence-corrected chi connectivity index (χ4v) is 3.28. The lowest BCUT2D eigenvalue weighted by molar-refractivity contribution is -0.140. The predicted octanol–water partition coefficient (Wildman–Crippen LogP) is 1.59. The first-order valence-electron chi connectivity index (χ1n) is 8.82. The molecular weight excluding hydrogens is 334 g/mol. The summed E-state index contributed by atoms with van der Waals surface area (Å²) in [6.07, 6.45) is 1.48. The molecule has 0 aromatic heterocycles. The molecule has 144 valence electrons. The summed E-state index contributed by atoms with van der Waals surface area (Å²) in [6.45, 7) is 1.50. The lowest BCUT2D eigenvalue weighted by Gasteiger charge is -2.43. The monoisotopic (exact) mass is 363 g/mol. The summed E-state index contributed by atoms with van der Waals surface area (Å²) >= 11 is 0. The number of hydrogen-bond acceptors (Lipinski definition) is 5. The molecule has 1 fully saturated rings. The molecule has 1 aliphatic heterocycles. The van der Waals surface area contributed by atoms with E-state index in [1.54, 1.807) is 33.2 Å². The van der Waals surface area contributed by atoms with Crippen LogP contribution in [0.5, 0.6) is 5.75 Å². The van der Waals surface area contributed by atoms with Gasteiger partial charge < -0.3 is 24.6 Å². The number of benzene rings is 1. The molecule has 0 saturated carbocycles. The number of rotatable bonds is 7. The van der Waals surface area contributed by atoms with E-state index in [1.807, 2.05) is 29.2 Å². The number of hydrogen-bond donors (Lipinski definition) is 1. The number of ether oxygens (including phenoxy) is 2. The van der Waals surface area contributed by atoms with E-state index in [2.05, 4.69) is 5.32 Å². The van der Waals surface area contributed by atoms with Crippen LogP contribution in [0.1, 0.15) is 19.3 Å². The van der Waals surface area contributed by atoms with Crippen LogP contribution in [0, 0.1) is 0 Å². The van der Waals surface area contributed by atoms with E-state index in [4.69, 9.17) is 9.47 Å². The van der Waals surface area contributed by atoms with Crippen LogP contribution in [-0.2, 0) is 14.3 Å². The van der Waals surface area contributed by atoms with E-state index in [-0.39, 0.29) is 11.8 Å². The molecule has 0 atom stereocenters. The van der Waals surface area contributed by atoms with Crippen molar-refractivity contribution in [3.8, 4) is 5.75 Å². The Bertz CT molecular complexity index is 625. The number of amides is 2. The second-order valence-corrected chi connectivity index (χ2v) is 6.76. The molecule has 0 bridgehead atoms. The minimum absolute atomic E-state index is 0.0179. The van der Waals surface area contributed by atoms with Crippen molar-refractivity contribution in [2.24, 2.45) is 0 Å². The maximum Gasteiger partial charge on any atom is 0.247 e. The average Bonchev–Trinajstić information content (AvgIpc) is 2.66. The summed E-state index contributed by atoms with van der Waals surface area (Å²) in [7, 11) is 6.72. The first-order chi connectivity index (χ1) is 12.4. The van der Waals surface area contributed by atoms with Gasteiger partial charge in [0.1, 0.15) is 11.3 Å². The second kappa shape index (κ2) is 8.89. The first-order valence-corrected chi connectivity index (χ1v) is 8.82. The van der Waals surface area contributed by atoms with Crippen molar-refractivity contribution in [1.82, 2.24) is 9.80 Å². The highest BCUT2D eigenvalue weighted by molar-refractivity contribution is 5.90. The number of nitrogens with one attached hydrogen (secondary N) is 1. The summed E-state index contributed by atoms with van der Waals surface area (Å²) in [5, 5.41) is 3.42. The number of methoxy groups -OCH3 is 2. The minimum atomic E-state index is -0.728. The van der Waals surface area contributed by atoms with Crippen molar-refractivity contribution in [1.29, 1.82) is 0 Å². The number of nitrogens with zero attached hydrogens (tertiary/aromatic N) is 2. The zero-order valence-electron chi connectivity index (χ0n) is 16.1. The van der Waals surface area contributed by atoms with Crippen LogP contribution in [0.2, 0.25) is 0 Å². The first kappa shape index (κ1) is 20.0. The topological polar surface area (TPSA) is 71.1 Å². The highest BCUT2D eigenvalue weighted by Gasteiger charge is 2.43.